The van der Waals surface area contributed by atoms with Crippen LogP contribution >= 0.6 is 11.6 Å². The minimum atomic E-state index is 0.525. The molecule has 0 N–H and O–H groups in total. The van der Waals surface area contributed by atoms with Crippen molar-refractivity contribution in [1.82, 2.24) is 9.97 Å². The van der Waals surface area contributed by atoms with Crippen LogP contribution in [-0.4, -0.2) is 23.7 Å². The van der Waals surface area contributed by atoms with Gasteiger partial charge in [-0.2, -0.15) is 0 Å². The summed E-state index contributed by atoms with van der Waals surface area (Å²) in [6.45, 7) is 0.906. The molecule has 1 heterocycles. The van der Waals surface area contributed by atoms with E-state index in [0.29, 0.717) is 17.8 Å². The molecule has 0 aromatic carbocycles. The van der Waals surface area contributed by atoms with E-state index in [9.17, 15) is 0 Å². The van der Waals surface area contributed by atoms with Crippen LogP contribution in [-0.2, 0) is 4.74 Å². The van der Waals surface area contributed by atoms with Crippen molar-refractivity contribution in [3.8, 4) is 0 Å². The monoisotopic (exact) mass is 348 g/mol. The molecule has 0 radical (unpaired) electrons. The predicted molar refractivity (Wildman–Crippen MR) is 98.3 cm³/mol. The van der Waals surface area contributed by atoms with Gasteiger partial charge >= 0.3 is 0 Å². The van der Waals surface area contributed by atoms with Crippen LogP contribution in [0.15, 0.2) is 24.0 Å². The van der Waals surface area contributed by atoms with E-state index in [4.69, 9.17) is 26.3 Å². The molecule has 3 rings (SSSR count). The molecule has 0 bridgehead atoms. The molecule has 1 aromatic heterocycles. The zero-order chi connectivity index (χ0) is 16.8. The van der Waals surface area contributed by atoms with Crippen LogP contribution in [0.3, 0.4) is 0 Å². The van der Waals surface area contributed by atoms with E-state index in [1.165, 1.54) is 56.9 Å². The Hall–Kier alpha value is -0.930. The lowest BCUT2D eigenvalue weighted by Gasteiger charge is -2.28. The fourth-order valence-electron chi connectivity index (χ4n) is 4.34. The number of halogens is 1. The number of ether oxygens (including phenoxy) is 1. The van der Waals surface area contributed by atoms with Gasteiger partial charge in [-0.1, -0.05) is 17.7 Å². The third-order valence-electron chi connectivity index (χ3n) is 5.89. The molecule has 2 aliphatic carbocycles. The van der Waals surface area contributed by atoms with Crippen LogP contribution in [0.1, 0.15) is 74.6 Å². The fourth-order valence-corrected chi connectivity index (χ4v) is 4.55. The molecule has 2 saturated carbocycles. The summed E-state index contributed by atoms with van der Waals surface area (Å²) in [4.78, 5) is 9.45. The highest BCUT2D eigenvalue weighted by molar-refractivity contribution is 6.25. The van der Waals surface area contributed by atoms with E-state index < -0.39 is 0 Å². The van der Waals surface area contributed by atoms with E-state index in [0.717, 1.165) is 18.3 Å². The molecule has 2 fully saturated rings. The molecule has 0 aliphatic heterocycles. The largest absolute Gasteiger partial charge is 0.384 e. The Morgan fingerprint density at radius 1 is 1.00 bits per heavy atom. The van der Waals surface area contributed by atoms with Crippen LogP contribution < -0.4 is 0 Å². The minimum Gasteiger partial charge on any atom is -0.384 e. The summed E-state index contributed by atoms with van der Waals surface area (Å²) in [7, 11) is 1.80. The minimum absolute atomic E-state index is 0.525. The van der Waals surface area contributed by atoms with Gasteiger partial charge in [-0.3, -0.25) is 0 Å². The highest BCUT2D eigenvalue weighted by atomic mass is 35.5. The Kier molecular flexibility index (Phi) is 6.67. The second-order valence-corrected chi connectivity index (χ2v) is 7.73. The summed E-state index contributed by atoms with van der Waals surface area (Å²) in [6.07, 6.45) is 16.1. The smallest absolute Gasteiger partial charge is 0.131 e. The first kappa shape index (κ1) is 17.9. The summed E-state index contributed by atoms with van der Waals surface area (Å²) in [5.41, 5.74) is 2.99. The molecule has 0 amide bonds. The maximum absolute atomic E-state index is 5.69. The van der Waals surface area contributed by atoms with Gasteiger partial charge in [0, 0.05) is 37.6 Å². The number of methoxy groups -OCH3 is 1. The Labute approximate surface area is 150 Å². The Morgan fingerprint density at radius 3 is 2.21 bits per heavy atom. The number of allylic oxidation sites excluding steroid dienone is 1. The van der Waals surface area contributed by atoms with Gasteiger partial charge < -0.3 is 4.74 Å². The molecule has 3 nitrogen and oxygen atoms in total. The summed E-state index contributed by atoms with van der Waals surface area (Å²) >= 11 is 5.69. The van der Waals surface area contributed by atoms with Crippen LogP contribution in [0.2, 0.25) is 0 Å². The van der Waals surface area contributed by atoms with Crippen LogP contribution in [0.25, 0.3) is 0 Å². The van der Waals surface area contributed by atoms with Gasteiger partial charge in [0.2, 0.25) is 0 Å². The zero-order valence-corrected chi connectivity index (χ0v) is 15.4. The SMILES string of the molecule is COCC1CCC(c2cnc(C3CCC(/C=C/Cl)CC3)nc2)CC1. The first-order chi connectivity index (χ1) is 11.8. The van der Waals surface area contributed by atoms with Gasteiger partial charge in [0.15, 0.2) is 0 Å². The van der Waals surface area contributed by atoms with Gasteiger partial charge in [0.05, 0.1) is 0 Å². The lowest BCUT2D eigenvalue weighted by Crippen LogP contribution is -2.18. The van der Waals surface area contributed by atoms with Gasteiger partial charge in [0.25, 0.3) is 0 Å². The highest BCUT2D eigenvalue weighted by Gasteiger charge is 2.25. The number of hydrogen-bond acceptors (Lipinski definition) is 3. The van der Waals surface area contributed by atoms with Crippen molar-refractivity contribution >= 4 is 11.6 Å². The second-order valence-electron chi connectivity index (χ2n) is 7.48. The molecule has 24 heavy (non-hydrogen) atoms. The quantitative estimate of drug-likeness (QED) is 0.712. The average molecular weight is 349 g/mol. The molecular weight excluding hydrogens is 320 g/mol. The van der Waals surface area contributed by atoms with Crippen molar-refractivity contribution < 1.29 is 4.74 Å². The third-order valence-corrected chi connectivity index (χ3v) is 6.04. The molecular formula is C20H29ClN2O. The topological polar surface area (TPSA) is 35.0 Å². The lowest BCUT2D eigenvalue weighted by molar-refractivity contribution is 0.127. The predicted octanol–water partition coefficient (Wildman–Crippen LogP) is 5.42. The van der Waals surface area contributed by atoms with Crippen molar-refractivity contribution in [1.29, 1.82) is 0 Å². The van der Waals surface area contributed by atoms with E-state index in [1.807, 2.05) is 0 Å². The van der Waals surface area contributed by atoms with Crippen LogP contribution in [0, 0.1) is 11.8 Å². The molecule has 1 aromatic rings. The number of aromatic nitrogens is 2. The van der Waals surface area contributed by atoms with Crippen molar-refractivity contribution in [2.24, 2.45) is 11.8 Å². The normalized spacial score (nSPS) is 31.4. The molecule has 4 heteroatoms. The van der Waals surface area contributed by atoms with Crippen molar-refractivity contribution in [2.45, 2.75) is 63.2 Å². The highest BCUT2D eigenvalue weighted by Crippen LogP contribution is 2.37. The lowest BCUT2D eigenvalue weighted by atomic mass is 9.79. The third kappa shape index (κ3) is 4.58. The Bertz CT molecular complexity index is 515. The van der Waals surface area contributed by atoms with E-state index in [1.54, 1.807) is 12.6 Å². The van der Waals surface area contributed by atoms with Crippen molar-refractivity contribution in [3.05, 3.63) is 35.4 Å². The maximum atomic E-state index is 5.69. The molecule has 0 unspecified atom stereocenters. The van der Waals surface area contributed by atoms with Gasteiger partial charge in [0.1, 0.15) is 5.82 Å². The standard InChI is InChI=1S/C20H29ClN2O/c1-24-14-16-4-6-17(7-5-16)19-12-22-20(23-13-19)18-8-2-15(3-9-18)10-11-21/h10-13,15-18H,2-9,14H2,1H3/b11-10+. The van der Waals surface area contributed by atoms with E-state index in [-0.39, 0.29) is 0 Å². The summed E-state index contributed by atoms with van der Waals surface area (Å²) in [5, 5.41) is 0. The Morgan fingerprint density at radius 2 is 1.62 bits per heavy atom. The van der Waals surface area contributed by atoms with E-state index >= 15 is 0 Å². The molecule has 0 spiro atoms. The van der Waals surface area contributed by atoms with Crippen molar-refractivity contribution in [2.75, 3.05) is 13.7 Å². The van der Waals surface area contributed by atoms with Gasteiger partial charge in [-0.05, 0) is 74.7 Å². The molecule has 132 valence electrons. The van der Waals surface area contributed by atoms with Gasteiger partial charge in [-0.15, -0.1) is 0 Å². The number of nitrogens with zero attached hydrogens (tertiary/aromatic N) is 2. The number of rotatable bonds is 5. The molecule has 0 atom stereocenters. The Balaban J connectivity index is 1.53. The van der Waals surface area contributed by atoms with E-state index in [2.05, 4.69) is 18.5 Å². The number of hydrogen-bond donors (Lipinski definition) is 0. The summed E-state index contributed by atoms with van der Waals surface area (Å²) in [5.74, 6) is 3.58. The zero-order valence-electron chi connectivity index (χ0n) is 14.7. The van der Waals surface area contributed by atoms with Crippen LogP contribution in [0.4, 0.5) is 0 Å². The average Bonchev–Trinajstić information content (AvgIpc) is 2.64. The van der Waals surface area contributed by atoms with Crippen LogP contribution in [0.5, 0.6) is 0 Å². The fraction of sp³-hybridized carbons (Fsp3) is 0.700. The first-order valence-electron chi connectivity index (χ1n) is 9.37. The van der Waals surface area contributed by atoms with Crippen molar-refractivity contribution in [3.63, 3.8) is 0 Å². The first-order valence-corrected chi connectivity index (χ1v) is 9.81. The second kappa shape index (κ2) is 8.96. The maximum Gasteiger partial charge on any atom is 0.131 e. The summed E-state index contributed by atoms with van der Waals surface area (Å²) in [6, 6.07) is 0. The summed E-state index contributed by atoms with van der Waals surface area (Å²) < 4.78 is 5.29. The molecule has 0 saturated heterocycles. The van der Waals surface area contributed by atoms with Gasteiger partial charge in [-0.25, -0.2) is 9.97 Å². The molecule has 2 aliphatic rings.